The summed E-state index contributed by atoms with van der Waals surface area (Å²) in [7, 11) is 0. The molecule has 16 aromatic rings. The molecule has 0 amide bonds. The smallest absolute Gasteiger partial charge is 0.198 e. The van der Waals surface area contributed by atoms with Crippen molar-refractivity contribution in [2.75, 3.05) is 0 Å². The van der Waals surface area contributed by atoms with Crippen LogP contribution in [-0.4, -0.2) is 92.5 Å². The lowest BCUT2D eigenvalue weighted by Gasteiger charge is -1.99. The van der Waals surface area contributed by atoms with Gasteiger partial charge in [-0.2, -0.15) is 0 Å². The van der Waals surface area contributed by atoms with E-state index in [0.29, 0.717) is 106 Å². The van der Waals surface area contributed by atoms with Crippen molar-refractivity contribution in [3.05, 3.63) is 362 Å². The minimum atomic E-state index is -0.285. The van der Waals surface area contributed by atoms with Crippen molar-refractivity contribution in [1.82, 2.24) is 0 Å². The molecule has 0 spiro atoms. The Labute approximate surface area is 930 Å². The molecule has 0 aliphatic heterocycles. The number of thiophene rings is 13. The van der Waals surface area contributed by atoms with Crippen LogP contribution in [0.2, 0.25) is 46.1 Å². The predicted octanol–water partition coefficient (Wildman–Crippen LogP) is 36.3. The lowest BCUT2D eigenvalue weighted by Crippen LogP contribution is -2.04. The van der Waals surface area contributed by atoms with E-state index in [2.05, 4.69) is 0 Å². The quantitative estimate of drug-likeness (QED) is 0.0322. The molecule has 0 aliphatic carbocycles. The van der Waals surface area contributed by atoms with Gasteiger partial charge in [0.05, 0.1) is 95.1 Å². The third-order valence-electron chi connectivity index (χ3n) is 19.7. The minimum Gasteiger partial charge on any atom is -0.472 e. The van der Waals surface area contributed by atoms with Crippen molar-refractivity contribution >= 4 is 356 Å². The Morgan fingerprint density at radius 1 is 0.243 bits per heavy atom. The van der Waals surface area contributed by atoms with E-state index in [0.717, 1.165) is 71.4 Å². The lowest BCUT2D eigenvalue weighted by atomic mass is 10.0. The molecule has 15 aromatic heterocycles. The largest absolute Gasteiger partial charge is 0.472 e. The lowest BCUT2D eigenvalue weighted by molar-refractivity contribution is 0.0904. The van der Waals surface area contributed by atoms with Gasteiger partial charge in [-0.15, -0.1) is 147 Å². The monoisotopic (exact) mass is 2370 g/mol. The summed E-state index contributed by atoms with van der Waals surface area (Å²) in [6.45, 7) is 9.54. The van der Waals surface area contributed by atoms with Gasteiger partial charge in [0.1, 0.15) is 19.3 Å². The molecular formula is C103H82Cl10O18S13. The molecule has 15 heterocycles. The minimum absolute atomic E-state index is 0.00335. The summed E-state index contributed by atoms with van der Waals surface area (Å²) in [4.78, 5) is 200. The molecule has 18 nitrogen and oxygen atoms in total. The zero-order valence-corrected chi connectivity index (χ0v) is 94.6. The fourth-order valence-electron chi connectivity index (χ4n) is 12.2. The highest BCUT2D eigenvalue weighted by Crippen LogP contribution is 2.43. The second-order valence-electron chi connectivity index (χ2n) is 30.3. The number of halogens is 10. The highest BCUT2D eigenvalue weighted by atomic mass is 35.5. The first-order valence-electron chi connectivity index (χ1n) is 42.9. The Morgan fingerprint density at radius 2 is 0.639 bits per heavy atom. The Balaban J connectivity index is 0.000000184. The standard InChI is InChI=1S/C14H12O3.C13H7Cl5O2S2.C13H9Cl3O2S2.2C13H11ClO2S2.C13H12O2S2.C12H10O3S.C12H10O2S2/c15-13(11-4-2-1-3-5-11)6-7-14(16)12-8-9-17-10-12;1-4-7(14)8(15)11(21-4)5(19)2-3-6(20)12-9(16)10(17)13(18)22-12;1-6-4-7(12(15)19-6)9(17)2-3-10(18)8-5-11(14)20-13(8)16;1-8-2-5-11(17-8)9(15)3-4-10(16)12-6-7-13(14)18-12;1-8-4-9(6-17-8)11(15)2-3-12(16)10-5-13(14)18-7-10;1-9-4-7-13(17-9)11(15)6-5-10(14)12-3-2-8-16-12;2*13-9(11-3-1-7-15-11)5-6-10(14)12-4-2-8-16-12/h1-5,8-10H,6-7H2;2-3H2,1H3;4-5H,2-3H2,1H3;2,5-7H,3-4H2,1H3;4-7H,2-3H2,1H3;2-4,7-8H,5-6H2,1H3;2*1-4,7-8H,5-6H2. The van der Waals surface area contributed by atoms with Crippen LogP contribution in [0.4, 0.5) is 0 Å². The summed E-state index contributed by atoms with van der Waals surface area (Å²) in [5.41, 5.74) is 3.32. The first kappa shape index (κ1) is 119. The number of furan rings is 2. The second-order valence-corrected chi connectivity index (χ2v) is 49.5. The number of hydrogen-bond acceptors (Lipinski definition) is 31. The first-order valence-corrected chi connectivity index (χ1v) is 57.7. The van der Waals surface area contributed by atoms with Crippen LogP contribution in [0.5, 0.6) is 0 Å². The molecule has 1 aromatic carbocycles. The highest BCUT2D eigenvalue weighted by molar-refractivity contribution is 7.21. The molecule has 16 rings (SSSR count). The summed E-state index contributed by atoms with van der Waals surface area (Å²) in [6.07, 6.45) is 7.59. The van der Waals surface area contributed by atoms with E-state index in [1.165, 1.54) is 138 Å². The zero-order valence-electron chi connectivity index (χ0n) is 76.5. The number of carbonyl (C=O) groups excluding carboxylic acids is 16. The van der Waals surface area contributed by atoms with Crippen LogP contribution in [-0.2, 0) is 0 Å². The highest BCUT2D eigenvalue weighted by Gasteiger charge is 2.27. The van der Waals surface area contributed by atoms with Gasteiger partial charge in [-0.1, -0.05) is 171 Å². The third kappa shape index (κ3) is 38.6. The molecule has 0 fully saturated rings. The summed E-state index contributed by atoms with van der Waals surface area (Å²) in [5, 5.41) is 11.9. The van der Waals surface area contributed by atoms with Crippen molar-refractivity contribution in [3.8, 4) is 0 Å². The number of Topliss-reactive ketones (excluding diaryl/α,β-unsaturated/α-hetero) is 16. The first-order chi connectivity index (χ1) is 68.7. The van der Waals surface area contributed by atoms with Crippen molar-refractivity contribution in [3.63, 3.8) is 0 Å². The molecule has 0 atom stereocenters. The average Bonchev–Trinajstić information content (AvgIpc) is 1.67. The molecule has 750 valence electrons. The van der Waals surface area contributed by atoms with Crippen molar-refractivity contribution < 1.29 is 85.5 Å². The molecule has 0 unspecified atom stereocenters. The van der Waals surface area contributed by atoms with Crippen molar-refractivity contribution in [2.45, 2.75) is 137 Å². The summed E-state index contributed by atoms with van der Waals surface area (Å²) < 4.78 is 12.5. The van der Waals surface area contributed by atoms with E-state index in [4.69, 9.17) is 125 Å². The van der Waals surface area contributed by atoms with E-state index in [9.17, 15) is 76.7 Å². The molecule has 0 saturated carbocycles. The SMILES string of the molecule is Cc1cc(C(=O)CCC(=O)c2cc(Cl)sc2Cl)c(Cl)s1.Cc1cc(C(=O)CCC(=O)c2csc(Cl)c2)cs1.Cc1ccc(C(=O)CCC(=O)c2ccc(Cl)s2)s1.Cc1ccc(C(=O)CCC(=O)c2cccs2)s1.Cc1sc(C(=O)CCC(=O)c2sc(Cl)c(Cl)c2Cl)c(Cl)c1Cl.O=C(CCC(=O)c1cccs1)c1ccco1.O=C(CCC(=O)c1cccs1)c1cccs1.O=C(CCC(=O)c1ccoc1)c1ccccc1. The summed E-state index contributed by atoms with van der Waals surface area (Å²) in [5.74, 6) is -0.482. The van der Waals surface area contributed by atoms with Gasteiger partial charge < -0.3 is 8.83 Å². The molecule has 144 heavy (non-hydrogen) atoms. The maximum Gasteiger partial charge on any atom is 0.198 e. The molecular weight excluding hydrogens is 2300 g/mol. The normalized spacial score (nSPS) is 10.5. The van der Waals surface area contributed by atoms with E-state index in [1.54, 1.807) is 103 Å². The van der Waals surface area contributed by atoms with Crippen LogP contribution >= 0.6 is 263 Å². The van der Waals surface area contributed by atoms with E-state index < -0.39 is 0 Å². The van der Waals surface area contributed by atoms with Crippen LogP contribution in [0.15, 0.2) is 218 Å². The Bertz CT molecular complexity index is 6560. The Morgan fingerprint density at radius 3 is 0.986 bits per heavy atom. The molecule has 41 heteroatoms. The Kier molecular flexibility index (Phi) is 50.3. The van der Waals surface area contributed by atoms with Crippen LogP contribution in [0.25, 0.3) is 0 Å². The predicted molar refractivity (Wildman–Crippen MR) is 597 cm³/mol. The number of rotatable bonds is 40. The van der Waals surface area contributed by atoms with Gasteiger partial charge in [0, 0.05) is 166 Å². The van der Waals surface area contributed by atoms with Crippen LogP contribution in [0.3, 0.4) is 0 Å². The van der Waals surface area contributed by atoms with Gasteiger partial charge in [0.2, 0.25) is 0 Å². The Hall–Kier alpha value is -8.50. The van der Waals surface area contributed by atoms with E-state index in [1.807, 2.05) is 127 Å². The maximum atomic E-state index is 12.2. The summed E-state index contributed by atoms with van der Waals surface area (Å²) >= 11 is 76.2. The molecule has 0 saturated heterocycles. The van der Waals surface area contributed by atoms with Crippen LogP contribution in [0, 0.1) is 34.6 Å². The van der Waals surface area contributed by atoms with Gasteiger partial charge in [-0.05, 0) is 159 Å². The van der Waals surface area contributed by atoms with Gasteiger partial charge >= 0.3 is 0 Å². The number of aryl methyl sites for hydroxylation is 5. The van der Waals surface area contributed by atoms with E-state index in [-0.39, 0.29) is 194 Å². The second kappa shape index (κ2) is 60.8. The fraction of sp³-hybridized carbons (Fsp3) is 0.204. The van der Waals surface area contributed by atoms with Gasteiger partial charge in [0.15, 0.2) is 98.3 Å². The van der Waals surface area contributed by atoms with Crippen molar-refractivity contribution in [1.29, 1.82) is 0 Å². The number of ketones is 16. The number of benzene rings is 1. The number of carbonyl (C=O) groups is 16. The number of hydrogen-bond donors (Lipinski definition) is 0. The van der Waals surface area contributed by atoms with Crippen LogP contribution in [0.1, 0.15) is 287 Å². The zero-order chi connectivity index (χ0) is 105. The van der Waals surface area contributed by atoms with Crippen LogP contribution < -0.4 is 0 Å². The van der Waals surface area contributed by atoms with Gasteiger partial charge in [-0.3, -0.25) is 76.7 Å². The summed E-state index contributed by atoms with van der Waals surface area (Å²) in [6, 6.07) is 46.1. The maximum absolute atomic E-state index is 12.2. The molecule has 0 radical (unpaired) electrons. The van der Waals surface area contributed by atoms with Gasteiger partial charge in [0.25, 0.3) is 0 Å². The van der Waals surface area contributed by atoms with Gasteiger partial charge in [-0.25, -0.2) is 0 Å². The molecule has 0 aliphatic rings. The topological polar surface area (TPSA) is 299 Å². The molecule has 0 bridgehead atoms. The van der Waals surface area contributed by atoms with Crippen molar-refractivity contribution in [2.24, 2.45) is 0 Å². The van der Waals surface area contributed by atoms with E-state index >= 15 is 0 Å². The third-order valence-corrected chi connectivity index (χ3v) is 36.3. The fourth-order valence-corrected chi connectivity index (χ4v) is 25.4. The molecule has 0 N–H and O–H groups in total. The average molecular weight is 2380 g/mol.